The minimum Gasteiger partial charge on any atom is -0.489 e. The molecule has 0 spiro atoms. The molecule has 0 radical (unpaired) electrons. The molecule has 5 atom stereocenters. The molecule has 31 heavy (non-hydrogen) atoms. The van der Waals surface area contributed by atoms with Crippen molar-refractivity contribution in [3.63, 3.8) is 0 Å². The maximum Gasteiger partial charge on any atom is 0.305 e. The van der Waals surface area contributed by atoms with Crippen LogP contribution in [0.15, 0.2) is 56.8 Å². The molecular weight excluding hydrogens is 490 g/mol. The Morgan fingerprint density at radius 3 is 2.77 bits per heavy atom. The fraction of sp³-hybridized carbons (Fsp3) is 0.400. The van der Waals surface area contributed by atoms with E-state index in [1.54, 1.807) is 0 Å². The Kier molecular flexibility index (Phi) is 5.08. The molecule has 0 amide bonds. The quantitative estimate of drug-likeness (QED) is 0.419. The average molecular weight is 515 g/mol. The van der Waals surface area contributed by atoms with Crippen molar-refractivity contribution in [2.45, 2.75) is 49.0 Å². The minimum atomic E-state index is 0.0620. The van der Waals surface area contributed by atoms with Gasteiger partial charge in [0, 0.05) is 26.1 Å². The standard InChI is InChI=1S/C25H24BrNO2S2/c1-13-2-4-14(5-3-13)12-29-19-9-8-17(26)11-18(19)21-20-15-6-7-16(10-15)22(20)30-24-23(21)31-25(28)27-24/h2-5,8-9,11,15-16,20-22H,6-7,10,12H2,1H3,(H,27,28)/t15?,16?,20?,21-,22?/m1/s1. The maximum absolute atomic E-state index is 12.3. The second-order valence-electron chi connectivity index (χ2n) is 9.14. The maximum atomic E-state index is 12.3. The second kappa shape index (κ2) is 7.82. The summed E-state index contributed by atoms with van der Waals surface area (Å²) in [6.45, 7) is 2.65. The lowest BCUT2D eigenvalue weighted by molar-refractivity contribution is 0.280. The molecule has 4 unspecified atom stereocenters. The lowest BCUT2D eigenvalue weighted by Gasteiger charge is -2.40. The lowest BCUT2D eigenvalue weighted by atomic mass is 9.74. The number of aromatic amines is 1. The number of ether oxygens (including phenoxy) is 1. The summed E-state index contributed by atoms with van der Waals surface area (Å²) >= 11 is 7.03. The average Bonchev–Trinajstić information content (AvgIpc) is 3.46. The Hall–Kier alpha value is -1.50. The van der Waals surface area contributed by atoms with Crippen LogP contribution in [0.2, 0.25) is 0 Å². The van der Waals surface area contributed by atoms with E-state index in [0.717, 1.165) is 27.1 Å². The molecule has 2 aromatic carbocycles. The SMILES string of the molecule is Cc1ccc(COc2ccc(Br)cc2[C@H]2c3sc(=O)[nH]c3SC3C4CCC(C4)C32)cc1. The van der Waals surface area contributed by atoms with E-state index >= 15 is 0 Å². The molecule has 3 aromatic rings. The molecule has 6 rings (SSSR count). The van der Waals surface area contributed by atoms with E-state index in [4.69, 9.17) is 4.74 Å². The largest absolute Gasteiger partial charge is 0.489 e. The number of aryl methyl sites for hydroxylation is 1. The molecule has 2 fully saturated rings. The molecule has 2 bridgehead atoms. The number of rotatable bonds is 4. The zero-order chi connectivity index (χ0) is 21.1. The van der Waals surface area contributed by atoms with Gasteiger partial charge in [-0.15, -0.1) is 11.8 Å². The van der Waals surface area contributed by atoms with Crippen LogP contribution < -0.4 is 9.61 Å². The van der Waals surface area contributed by atoms with Crippen molar-refractivity contribution < 1.29 is 4.74 Å². The van der Waals surface area contributed by atoms with Gasteiger partial charge in [-0.3, -0.25) is 4.79 Å². The van der Waals surface area contributed by atoms with Crippen LogP contribution in [-0.4, -0.2) is 10.2 Å². The fourth-order valence-electron chi connectivity index (χ4n) is 5.94. The highest BCUT2D eigenvalue weighted by Crippen LogP contribution is 2.64. The third kappa shape index (κ3) is 3.51. The number of benzene rings is 2. The van der Waals surface area contributed by atoms with Gasteiger partial charge in [0.15, 0.2) is 0 Å². The third-order valence-electron chi connectivity index (χ3n) is 7.29. The molecule has 2 aliphatic carbocycles. The van der Waals surface area contributed by atoms with Crippen LogP contribution in [0.3, 0.4) is 0 Å². The van der Waals surface area contributed by atoms with Crippen molar-refractivity contribution in [3.05, 3.63) is 78.2 Å². The van der Waals surface area contributed by atoms with Crippen molar-refractivity contribution >= 4 is 39.0 Å². The summed E-state index contributed by atoms with van der Waals surface area (Å²) in [5.41, 5.74) is 3.65. The molecule has 1 aromatic heterocycles. The molecule has 3 nitrogen and oxygen atoms in total. The second-order valence-corrected chi connectivity index (χ2v) is 12.3. The number of fused-ring (bicyclic) bond motifs is 6. The van der Waals surface area contributed by atoms with Gasteiger partial charge in [0.05, 0.1) is 5.03 Å². The summed E-state index contributed by atoms with van der Waals surface area (Å²) in [5, 5.41) is 1.70. The van der Waals surface area contributed by atoms with Gasteiger partial charge in [-0.1, -0.05) is 57.1 Å². The molecule has 1 N–H and O–H groups in total. The van der Waals surface area contributed by atoms with Gasteiger partial charge >= 0.3 is 4.87 Å². The molecular formula is C25H24BrNO2S2. The number of hydrogen-bond acceptors (Lipinski definition) is 4. The van der Waals surface area contributed by atoms with Crippen molar-refractivity contribution in [1.82, 2.24) is 4.98 Å². The number of nitrogens with one attached hydrogen (secondary N) is 1. The fourth-order valence-corrected chi connectivity index (χ4v) is 9.20. The smallest absolute Gasteiger partial charge is 0.305 e. The Bertz CT molecular complexity index is 1180. The monoisotopic (exact) mass is 513 g/mol. The van der Waals surface area contributed by atoms with Crippen LogP contribution >= 0.6 is 39.0 Å². The van der Waals surface area contributed by atoms with Crippen LogP contribution in [0.1, 0.15) is 46.7 Å². The summed E-state index contributed by atoms with van der Waals surface area (Å²) in [6, 6.07) is 14.9. The molecule has 1 aliphatic heterocycles. The Morgan fingerprint density at radius 2 is 1.94 bits per heavy atom. The summed E-state index contributed by atoms with van der Waals surface area (Å²) < 4.78 is 7.47. The number of thiazole rings is 1. The van der Waals surface area contributed by atoms with Crippen LogP contribution in [0.25, 0.3) is 0 Å². The van der Waals surface area contributed by atoms with E-state index in [1.165, 1.54) is 52.2 Å². The van der Waals surface area contributed by atoms with E-state index in [1.807, 2.05) is 11.8 Å². The lowest BCUT2D eigenvalue weighted by Crippen LogP contribution is -2.33. The van der Waals surface area contributed by atoms with E-state index in [0.29, 0.717) is 17.8 Å². The van der Waals surface area contributed by atoms with Crippen LogP contribution in [-0.2, 0) is 6.61 Å². The van der Waals surface area contributed by atoms with Crippen LogP contribution in [0, 0.1) is 24.7 Å². The predicted molar refractivity (Wildman–Crippen MR) is 130 cm³/mol. The van der Waals surface area contributed by atoms with E-state index in [9.17, 15) is 4.79 Å². The summed E-state index contributed by atoms with van der Waals surface area (Å²) in [7, 11) is 0. The number of halogens is 1. The third-order valence-corrected chi connectivity index (χ3v) is 10.4. The molecule has 160 valence electrons. The van der Waals surface area contributed by atoms with Crippen LogP contribution in [0.4, 0.5) is 0 Å². The van der Waals surface area contributed by atoms with E-state index in [2.05, 4.69) is 70.3 Å². The normalized spacial score (nSPS) is 28.4. The van der Waals surface area contributed by atoms with Gasteiger partial charge in [0.2, 0.25) is 0 Å². The summed E-state index contributed by atoms with van der Waals surface area (Å²) in [4.78, 5) is 16.7. The minimum absolute atomic E-state index is 0.0620. The zero-order valence-corrected chi connectivity index (χ0v) is 20.5. The number of aromatic nitrogens is 1. The molecule has 0 saturated heterocycles. The Morgan fingerprint density at radius 1 is 1.13 bits per heavy atom. The van der Waals surface area contributed by atoms with Gasteiger partial charge in [-0.25, -0.2) is 0 Å². The molecule has 3 aliphatic rings. The predicted octanol–water partition coefficient (Wildman–Crippen LogP) is 6.74. The highest BCUT2D eigenvalue weighted by Gasteiger charge is 2.55. The zero-order valence-electron chi connectivity index (χ0n) is 17.3. The van der Waals surface area contributed by atoms with Crippen molar-refractivity contribution in [2.75, 3.05) is 0 Å². The summed E-state index contributed by atoms with van der Waals surface area (Å²) in [6.07, 6.45) is 4.00. The first kappa shape index (κ1) is 20.1. The molecule has 2 heterocycles. The van der Waals surface area contributed by atoms with Crippen LogP contribution in [0.5, 0.6) is 5.75 Å². The van der Waals surface area contributed by atoms with Gasteiger partial charge in [-0.05, 0) is 67.7 Å². The first-order chi connectivity index (χ1) is 15.1. The highest BCUT2D eigenvalue weighted by atomic mass is 79.9. The van der Waals surface area contributed by atoms with E-state index in [-0.39, 0.29) is 10.8 Å². The topological polar surface area (TPSA) is 42.1 Å². The first-order valence-corrected chi connectivity index (χ1v) is 13.4. The van der Waals surface area contributed by atoms with Crippen molar-refractivity contribution in [3.8, 4) is 5.75 Å². The van der Waals surface area contributed by atoms with Gasteiger partial charge in [-0.2, -0.15) is 0 Å². The Labute approximate surface area is 198 Å². The van der Waals surface area contributed by atoms with Gasteiger partial charge in [0.25, 0.3) is 0 Å². The molecule has 2 saturated carbocycles. The Balaban J connectivity index is 1.41. The number of H-pyrrole nitrogens is 1. The number of thioether (sulfide) groups is 1. The summed E-state index contributed by atoms with van der Waals surface area (Å²) in [5.74, 6) is 3.28. The van der Waals surface area contributed by atoms with E-state index < -0.39 is 0 Å². The molecule has 6 heteroatoms. The van der Waals surface area contributed by atoms with Crippen molar-refractivity contribution in [1.29, 1.82) is 0 Å². The first-order valence-electron chi connectivity index (χ1n) is 10.9. The van der Waals surface area contributed by atoms with Gasteiger partial charge in [0.1, 0.15) is 12.4 Å². The van der Waals surface area contributed by atoms with Crippen molar-refractivity contribution in [2.24, 2.45) is 17.8 Å². The number of hydrogen-bond donors (Lipinski definition) is 1. The highest BCUT2D eigenvalue weighted by molar-refractivity contribution is 9.10. The van der Waals surface area contributed by atoms with Gasteiger partial charge < -0.3 is 9.72 Å².